The second-order valence-electron chi connectivity index (χ2n) is 14.6. The van der Waals surface area contributed by atoms with E-state index in [9.17, 15) is 0 Å². The van der Waals surface area contributed by atoms with Gasteiger partial charge in [-0.2, -0.15) is 12.1 Å². The van der Waals surface area contributed by atoms with Crippen LogP contribution in [0.4, 0.5) is 0 Å². The number of halogens is 2. The molecule has 8 aromatic rings. The zero-order chi connectivity index (χ0) is 38.0. The standard InChI is InChI=1S/2C25H23.C2H6Si.2ClH.Zr/c2*1-3-18(2)21-16-24-22(19-10-6-4-7-11-19)14-15-23(25(24)17-21)20-12-8-5-9-13-20;1-3-2;;;/h2*4-18H,3H2,1-2H3;1-2H3;2*1H;/q2*-1;;;;+2/p-2. The van der Waals surface area contributed by atoms with Gasteiger partial charge < -0.3 is 24.8 Å². The fourth-order valence-corrected chi connectivity index (χ4v) is 7.16. The van der Waals surface area contributed by atoms with Crippen molar-refractivity contribution in [3.05, 3.63) is 181 Å². The summed E-state index contributed by atoms with van der Waals surface area (Å²) in [5.74, 6) is 1.17. The van der Waals surface area contributed by atoms with Crippen LogP contribution in [0.3, 0.4) is 0 Å². The Labute approximate surface area is 363 Å². The molecule has 0 spiro atoms. The predicted molar refractivity (Wildman–Crippen MR) is 236 cm³/mol. The first kappa shape index (κ1) is 44.9. The van der Waals surface area contributed by atoms with E-state index >= 15 is 0 Å². The Kier molecular flexibility index (Phi) is 17.4. The summed E-state index contributed by atoms with van der Waals surface area (Å²) in [5, 5.41) is 5.46. The molecule has 0 heterocycles. The Balaban J connectivity index is 0.000000220. The van der Waals surface area contributed by atoms with Gasteiger partial charge in [-0.3, -0.25) is 0 Å². The maximum absolute atomic E-state index is 2.40. The van der Waals surface area contributed by atoms with Gasteiger partial charge in [-0.1, -0.05) is 220 Å². The van der Waals surface area contributed by atoms with Gasteiger partial charge in [0.25, 0.3) is 0 Å². The summed E-state index contributed by atoms with van der Waals surface area (Å²) in [7, 11) is 0. The molecule has 0 amide bonds. The van der Waals surface area contributed by atoms with Gasteiger partial charge in [0.2, 0.25) is 0 Å². The van der Waals surface area contributed by atoms with Crippen molar-refractivity contribution in [2.24, 2.45) is 0 Å². The monoisotopic (exact) mass is 864 g/mol. The minimum atomic E-state index is 0. The average Bonchev–Trinajstić information content (AvgIpc) is 3.87. The predicted octanol–water partition coefficient (Wildman–Crippen LogP) is 9.60. The van der Waals surface area contributed by atoms with Crippen LogP contribution in [-0.2, 0) is 23.3 Å². The molecule has 0 saturated carbocycles. The fourth-order valence-electron chi connectivity index (χ4n) is 7.16. The summed E-state index contributed by atoms with van der Waals surface area (Å²) in [5.41, 5.74) is 13.5. The minimum Gasteiger partial charge on any atom is -1.00 e. The quantitative estimate of drug-likeness (QED) is 0.106. The zero-order valence-corrected chi connectivity index (χ0v) is 38.5. The summed E-state index contributed by atoms with van der Waals surface area (Å²) in [6.45, 7) is 13.8. The summed E-state index contributed by atoms with van der Waals surface area (Å²) in [6, 6.07) is 61.6. The van der Waals surface area contributed by atoms with E-state index in [0.29, 0.717) is 11.8 Å². The van der Waals surface area contributed by atoms with Gasteiger partial charge in [0.15, 0.2) is 0 Å². The third-order valence-corrected chi connectivity index (χ3v) is 10.5. The SMILES string of the molecule is CCC(C)c1cc2c(-c3ccccc3)ccc(-c3ccccc3)c2[cH-]1.CCC(C)c1cc2c(-c3ccccc3)ccc(-c3ccccc3)c2[cH-]1.C[Si](C)=[Zr+2].[Cl-].[Cl-]. The first-order chi connectivity index (χ1) is 26.3. The summed E-state index contributed by atoms with van der Waals surface area (Å²) in [6.07, 6.45) is 2.33. The molecular weight excluding hydrogens is 815 g/mol. The van der Waals surface area contributed by atoms with Crippen molar-refractivity contribution in [2.45, 2.75) is 65.5 Å². The Hall–Kier alpha value is -3.78. The van der Waals surface area contributed by atoms with Gasteiger partial charge in [0, 0.05) is 0 Å². The molecule has 8 rings (SSSR count). The van der Waals surface area contributed by atoms with Crippen LogP contribution in [0.15, 0.2) is 170 Å². The smallest absolute Gasteiger partial charge is 1.00 e. The van der Waals surface area contributed by atoms with Crippen molar-refractivity contribution >= 4 is 27.0 Å². The third-order valence-electron chi connectivity index (χ3n) is 10.5. The summed E-state index contributed by atoms with van der Waals surface area (Å²) >= 11 is 1.74. The molecule has 8 aromatic carbocycles. The van der Waals surface area contributed by atoms with Gasteiger partial charge in [0.1, 0.15) is 0 Å². The number of hydrogen-bond acceptors (Lipinski definition) is 0. The van der Waals surface area contributed by atoms with E-state index < -0.39 is 0 Å². The Morgan fingerprint density at radius 2 is 0.696 bits per heavy atom. The van der Waals surface area contributed by atoms with Gasteiger partial charge in [0.05, 0.1) is 0 Å². The molecular formula is C52H52Cl2SiZr-2. The normalized spacial score (nSPS) is 11.6. The van der Waals surface area contributed by atoms with Crippen molar-refractivity contribution in [2.75, 3.05) is 0 Å². The summed E-state index contributed by atoms with van der Waals surface area (Å²) < 4.78 is 0. The molecule has 4 heteroatoms. The molecule has 0 aliphatic heterocycles. The first-order valence-electron chi connectivity index (χ1n) is 19.5. The topological polar surface area (TPSA) is 0 Å². The van der Waals surface area contributed by atoms with E-state index in [2.05, 4.69) is 211 Å². The van der Waals surface area contributed by atoms with Crippen LogP contribution >= 0.6 is 0 Å². The van der Waals surface area contributed by atoms with E-state index in [1.165, 1.54) is 77.2 Å². The zero-order valence-electron chi connectivity index (χ0n) is 33.5. The molecule has 56 heavy (non-hydrogen) atoms. The molecule has 2 unspecified atom stereocenters. The second kappa shape index (κ2) is 21.7. The van der Waals surface area contributed by atoms with Crippen molar-refractivity contribution in [1.82, 2.24) is 0 Å². The number of fused-ring (bicyclic) bond motifs is 2. The molecule has 0 nitrogen and oxygen atoms in total. The van der Waals surface area contributed by atoms with E-state index in [4.69, 9.17) is 0 Å². The second-order valence-corrected chi connectivity index (χ2v) is 24.0. The minimum absolute atomic E-state index is 0. The van der Waals surface area contributed by atoms with Gasteiger partial charge >= 0.3 is 41.9 Å². The van der Waals surface area contributed by atoms with Gasteiger partial charge in [-0.05, 0) is 23.0 Å². The molecule has 0 aliphatic carbocycles. The molecule has 2 atom stereocenters. The maximum Gasteiger partial charge on any atom is -1.00 e. The molecule has 0 N–H and O–H groups in total. The van der Waals surface area contributed by atoms with Crippen LogP contribution in [-0.4, -0.2) is 5.43 Å². The average molecular weight is 867 g/mol. The van der Waals surface area contributed by atoms with Crippen LogP contribution in [0.1, 0.15) is 63.5 Å². The Morgan fingerprint density at radius 3 is 0.964 bits per heavy atom. The maximum atomic E-state index is 2.40. The molecule has 0 radical (unpaired) electrons. The van der Waals surface area contributed by atoms with Crippen molar-refractivity contribution in [3.8, 4) is 44.5 Å². The Bertz CT molecular complexity index is 2090. The number of hydrogen-bond donors (Lipinski definition) is 0. The molecule has 0 aromatic heterocycles. The van der Waals surface area contributed by atoms with E-state index in [0.717, 1.165) is 12.8 Å². The van der Waals surface area contributed by atoms with Crippen LogP contribution in [0.25, 0.3) is 66.1 Å². The van der Waals surface area contributed by atoms with Crippen molar-refractivity contribution in [3.63, 3.8) is 0 Å². The van der Waals surface area contributed by atoms with E-state index in [1.54, 1.807) is 23.3 Å². The first-order valence-corrected chi connectivity index (χ1v) is 25.7. The molecule has 0 aliphatic rings. The molecule has 0 fully saturated rings. The van der Waals surface area contributed by atoms with Crippen molar-refractivity contribution < 1.29 is 48.1 Å². The van der Waals surface area contributed by atoms with Crippen LogP contribution in [0.5, 0.6) is 0 Å². The molecule has 284 valence electrons. The van der Waals surface area contributed by atoms with Crippen LogP contribution < -0.4 is 24.8 Å². The summed E-state index contributed by atoms with van der Waals surface area (Å²) in [4.78, 5) is 0. The number of benzene rings is 6. The van der Waals surface area contributed by atoms with E-state index in [1.807, 2.05) is 0 Å². The third kappa shape index (κ3) is 10.8. The van der Waals surface area contributed by atoms with Crippen molar-refractivity contribution in [1.29, 1.82) is 0 Å². The largest absolute Gasteiger partial charge is 1.00 e. The van der Waals surface area contributed by atoms with E-state index in [-0.39, 0.29) is 30.2 Å². The molecule has 0 bridgehead atoms. The van der Waals surface area contributed by atoms with Gasteiger partial charge in [-0.25, -0.2) is 0 Å². The fraction of sp³-hybridized carbons (Fsp3) is 0.192. The van der Waals surface area contributed by atoms with Crippen LogP contribution in [0, 0.1) is 0 Å². The Morgan fingerprint density at radius 1 is 0.446 bits per heavy atom. The van der Waals surface area contributed by atoms with Crippen LogP contribution in [0.2, 0.25) is 13.1 Å². The van der Waals surface area contributed by atoms with Gasteiger partial charge in [-0.15, -0.1) is 44.8 Å². The number of rotatable bonds is 8. The molecule has 0 saturated heterocycles.